The van der Waals surface area contributed by atoms with Crippen molar-refractivity contribution in [2.75, 3.05) is 6.54 Å². The van der Waals surface area contributed by atoms with E-state index in [1.807, 2.05) is 0 Å². The van der Waals surface area contributed by atoms with Crippen LogP contribution in [0.15, 0.2) is 24.3 Å². The number of nitrogens with two attached hydrogens (primary N) is 1. The smallest absolute Gasteiger partial charge is 0.330 e. The topological polar surface area (TPSA) is 43.8 Å². The molecule has 0 aliphatic heterocycles. The first-order valence-corrected chi connectivity index (χ1v) is 7.22. The van der Waals surface area contributed by atoms with Gasteiger partial charge in [-0.3, -0.25) is 0 Å². The molecule has 0 aliphatic rings. The van der Waals surface area contributed by atoms with Crippen LogP contribution in [0, 0.1) is 0 Å². The number of hydrogen-bond donors (Lipinski definition) is 1. The molecule has 2 aromatic rings. The zero-order valence-electron chi connectivity index (χ0n) is 11.9. The first kappa shape index (κ1) is 15.8. The molecule has 1 heterocycles. The van der Waals surface area contributed by atoms with Crippen LogP contribution >= 0.6 is 0 Å². The molecule has 1 aromatic carbocycles. The monoisotopic (exact) mass is 299 g/mol. The Morgan fingerprint density at radius 2 is 1.76 bits per heavy atom. The lowest BCUT2D eigenvalue weighted by atomic mass is 10.1. The number of imidazole rings is 1. The number of aryl methyl sites for hydroxylation is 1. The Balaban J connectivity index is 2.15. The molecule has 0 atom stereocenters. The van der Waals surface area contributed by atoms with E-state index in [-0.39, 0.29) is 0 Å². The summed E-state index contributed by atoms with van der Waals surface area (Å²) >= 11 is 0. The minimum Gasteiger partial charge on any atom is -0.330 e. The van der Waals surface area contributed by atoms with Crippen LogP contribution in [-0.2, 0) is 13.0 Å². The maximum atomic E-state index is 12.8. The molecule has 0 unspecified atom stereocenters. The van der Waals surface area contributed by atoms with Crippen LogP contribution in [0.25, 0.3) is 11.0 Å². The molecule has 2 rings (SSSR count). The molecule has 0 saturated heterocycles. The van der Waals surface area contributed by atoms with Crippen molar-refractivity contribution in [2.45, 2.75) is 44.8 Å². The van der Waals surface area contributed by atoms with Crippen LogP contribution in [0.5, 0.6) is 0 Å². The van der Waals surface area contributed by atoms with Crippen LogP contribution in [0.2, 0.25) is 0 Å². The van der Waals surface area contributed by atoms with Crippen LogP contribution in [0.1, 0.15) is 31.5 Å². The molecule has 0 spiro atoms. The van der Waals surface area contributed by atoms with E-state index in [2.05, 4.69) is 4.98 Å². The van der Waals surface area contributed by atoms with E-state index in [0.29, 0.717) is 29.8 Å². The van der Waals surface area contributed by atoms with Crippen molar-refractivity contribution < 1.29 is 13.2 Å². The highest BCUT2D eigenvalue weighted by Crippen LogP contribution is 2.24. The standard InChI is InChI=1S/C15H20F3N3/c16-15(17,18)11-21-13-8-5-4-7-12(13)20-14(21)9-3-1-2-6-10-19/h4-5,7-8H,1-3,6,9-11,19H2. The second kappa shape index (κ2) is 6.93. The first-order valence-electron chi connectivity index (χ1n) is 7.22. The van der Waals surface area contributed by atoms with Gasteiger partial charge in [0.2, 0.25) is 0 Å². The molecule has 6 heteroatoms. The van der Waals surface area contributed by atoms with Gasteiger partial charge in [-0.05, 0) is 31.5 Å². The molecular formula is C15H20F3N3. The fourth-order valence-corrected chi connectivity index (χ4v) is 2.45. The highest BCUT2D eigenvalue weighted by Gasteiger charge is 2.30. The van der Waals surface area contributed by atoms with Gasteiger partial charge in [0, 0.05) is 6.42 Å². The number of unbranched alkanes of at least 4 members (excludes halogenated alkanes) is 3. The molecule has 0 saturated carbocycles. The van der Waals surface area contributed by atoms with Crippen molar-refractivity contribution >= 4 is 11.0 Å². The van der Waals surface area contributed by atoms with Gasteiger partial charge in [-0.15, -0.1) is 0 Å². The first-order chi connectivity index (χ1) is 10.0. The summed E-state index contributed by atoms with van der Waals surface area (Å²) in [6.45, 7) is -0.321. The van der Waals surface area contributed by atoms with Crippen LogP contribution < -0.4 is 5.73 Å². The largest absolute Gasteiger partial charge is 0.406 e. The normalized spacial score (nSPS) is 12.2. The zero-order valence-corrected chi connectivity index (χ0v) is 11.9. The van der Waals surface area contributed by atoms with Crippen molar-refractivity contribution in [3.63, 3.8) is 0 Å². The Kier molecular flexibility index (Phi) is 5.22. The number of halogens is 3. The second-order valence-electron chi connectivity index (χ2n) is 5.17. The SMILES string of the molecule is NCCCCCCc1nc2ccccc2n1CC(F)(F)F. The van der Waals surface area contributed by atoms with Crippen LogP contribution in [-0.4, -0.2) is 22.3 Å². The Bertz CT molecular complexity index is 575. The summed E-state index contributed by atoms with van der Waals surface area (Å²) in [5.41, 5.74) is 6.60. The van der Waals surface area contributed by atoms with Crippen molar-refractivity contribution in [3.05, 3.63) is 30.1 Å². The van der Waals surface area contributed by atoms with E-state index in [9.17, 15) is 13.2 Å². The van der Waals surface area contributed by atoms with E-state index in [4.69, 9.17) is 5.73 Å². The molecule has 0 bridgehead atoms. The number of hydrogen-bond acceptors (Lipinski definition) is 2. The number of alkyl halides is 3. The van der Waals surface area contributed by atoms with Gasteiger partial charge in [0.1, 0.15) is 12.4 Å². The molecular weight excluding hydrogens is 279 g/mol. The molecule has 0 aliphatic carbocycles. The quantitative estimate of drug-likeness (QED) is 0.793. The lowest BCUT2D eigenvalue weighted by Gasteiger charge is -2.12. The minimum absolute atomic E-state index is 0.515. The van der Waals surface area contributed by atoms with Gasteiger partial charge in [-0.1, -0.05) is 25.0 Å². The highest BCUT2D eigenvalue weighted by atomic mass is 19.4. The Morgan fingerprint density at radius 1 is 1.05 bits per heavy atom. The predicted octanol–water partition coefficient (Wildman–Crippen LogP) is 3.66. The van der Waals surface area contributed by atoms with E-state index in [0.717, 1.165) is 25.7 Å². The van der Waals surface area contributed by atoms with Crippen LogP contribution in [0.3, 0.4) is 0 Å². The van der Waals surface area contributed by atoms with Crippen molar-refractivity contribution in [3.8, 4) is 0 Å². The zero-order chi connectivity index (χ0) is 15.3. The molecule has 0 fully saturated rings. The molecule has 2 N–H and O–H groups in total. The Morgan fingerprint density at radius 3 is 2.48 bits per heavy atom. The Hall–Kier alpha value is -1.56. The fraction of sp³-hybridized carbons (Fsp3) is 0.533. The van der Waals surface area contributed by atoms with E-state index >= 15 is 0 Å². The summed E-state index contributed by atoms with van der Waals surface area (Å²) in [6, 6.07) is 6.96. The summed E-state index contributed by atoms with van der Waals surface area (Å²) in [5, 5.41) is 0. The number of aromatic nitrogens is 2. The summed E-state index contributed by atoms with van der Waals surface area (Å²) in [6.07, 6.45) is 0.0929. The maximum absolute atomic E-state index is 12.8. The Labute approximate surface area is 122 Å². The number of benzene rings is 1. The summed E-state index contributed by atoms with van der Waals surface area (Å²) < 4.78 is 39.5. The summed E-state index contributed by atoms with van der Waals surface area (Å²) in [5.74, 6) is 0.515. The molecule has 116 valence electrons. The predicted molar refractivity (Wildman–Crippen MR) is 77.0 cm³/mol. The summed E-state index contributed by atoms with van der Waals surface area (Å²) in [4.78, 5) is 4.35. The number of fused-ring (bicyclic) bond motifs is 1. The van der Waals surface area contributed by atoms with Gasteiger partial charge in [0.05, 0.1) is 11.0 Å². The van der Waals surface area contributed by atoms with Gasteiger partial charge in [-0.25, -0.2) is 4.98 Å². The van der Waals surface area contributed by atoms with Gasteiger partial charge < -0.3 is 10.3 Å². The van der Waals surface area contributed by atoms with Crippen LogP contribution in [0.4, 0.5) is 13.2 Å². The average molecular weight is 299 g/mol. The third-order valence-electron chi connectivity index (χ3n) is 3.43. The van der Waals surface area contributed by atoms with Gasteiger partial charge in [-0.2, -0.15) is 13.2 Å². The third kappa shape index (κ3) is 4.46. The van der Waals surface area contributed by atoms with E-state index < -0.39 is 12.7 Å². The molecule has 1 aromatic heterocycles. The molecule has 0 amide bonds. The fourth-order valence-electron chi connectivity index (χ4n) is 2.45. The van der Waals surface area contributed by atoms with Crippen molar-refractivity contribution in [1.82, 2.24) is 9.55 Å². The van der Waals surface area contributed by atoms with E-state index in [1.165, 1.54) is 4.57 Å². The third-order valence-corrected chi connectivity index (χ3v) is 3.43. The average Bonchev–Trinajstić information content (AvgIpc) is 2.75. The number of para-hydroxylation sites is 2. The van der Waals surface area contributed by atoms with Gasteiger partial charge >= 0.3 is 6.18 Å². The van der Waals surface area contributed by atoms with Gasteiger partial charge in [0.15, 0.2) is 0 Å². The van der Waals surface area contributed by atoms with Crippen molar-refractivity contribution in [2.24, 2.45) is 5.73 Å². The second-order valence-corrected chi connectivity index (χ2v) is 5.17. The van der Waals surface area contributed by atoms with Gasteiger partial charge in [0.25, 0.3) is 0 Å². The minimum atomic E-state index is -4.24. The molecule has 21 heavy (non-hydrogen) atoms. The lowest BCUT2D eigenvalue weighted by molar-refractivity contribution is -0.140. The maximum Gasteiger partial charge on any atom is 0.406 e. The summed E-state index contributed by atoms with van der Waals surface area (Å²) in [7, 11) is 0. The molecule has 0 radical (unpaired) electrons. The highest BCUT2D eigenvalue weighted by molar-refractivity contribution is 5.75. The number of rotatable bonds is 7. The lowest BCUT2D eigenvalue weighted by Crippen LogP contribution is -2.19. The van der Waals surface area contributed by atoms with E-state index in [1.54, 1.807) is 24.3 Å². The van der Waals surface area contributed by atoms with Crippen molar-refractivity contribution in [1.29, 1.82) is 0 Å². The number of nitrogens with zero attached hydrogens (tertiary/aromatic N) is 2. The molecule has 3 nitrogen and oxygen atoms in total.